The summed E-state index contributed by atoms with van der Waals surface area (Å²) in [4.78, 5) is 10.5. The molecule has 0 fully saturated rings. The maximum absolute atomic E-state index is 10.9. The summed E-state index contributed by atoms with van der Waals surface area (Å²) in [6, 6.07) is 4.95. The lowest BCUT2D eigenvalue weighted by Gasteiger charge is -2.08. The van der Waals surface area contributed by atoms with Gasteiger partial charge in [-0.1, -0.05) is 13.8 Å². The summed E-state index contributed by atoms with van der Waals surface area (Å²) in [7, 11) is 0. The first-order chi connectivity index (χ1) is 8.90. The van der Waals surface area contributed by atoms with Gasteiger partial charge < -0.3 is 5.73 Å². The van der Waals surface area contributed by atoms with Crippen LogP contribution < -0.4 is 5.73 Å². The molecule has 0 aliphatic carbocycles. The van der Waals surface area contributed by atoms with Crippen LogP contribution in [0.15, 0.2) is 18.2 Å². The van der Waals surface area contributed by atoms with E-state index in [1.54, 1.807) is 0 Å². The van der Waals surface area contributed by atoms with Gasteiger partial charge in [-0.2, -0.15) is 5.10 Å². The maximum atomic E-state index is 10.9. The van der Waals surface area contributed by atoms with Gasteiger partial charge in [-0.25, -0.2) is 0 Å². The predicted molar refractivity (Wildman–Crippen MR) is 73.9 cm³/mol. The fraction of sp³-hybridized carbons (Fsp3) is 0.308. The molecule has 0 amide bonds. The molecule has 2 aromatic rings. The Hall–Kier alpha value is -2.37. The Labute approximate surface area is 110 Å². The number of hydrogen-bond acceptors (Lipinski definition) is 4. The van der Waals surface area contributed by atoms with Gasteiger partial charge >= 0.3 is 0 Å². The van der Waals surface area contributed by atoms with Gasteiger partial charge in [-0.05, 0) is 24.5 Å². The lowest BCUT2D eigenvalue weighted by molar-refractivity contribution is -0.384. The fourth-order valence-corrected chi connectivity index (χ4v) is 2.18. The molecule has 0 aliphatic heterocycles. The van der Waals surface area contributed by atoms with Gasteiger partial charge in [0.2, 0.25) is 0 Å². The van der Waals surface area contributed by atoms with E-state index in [2.05, 4.69) is 10.2 Å². The molecule has 0 radical (unpaired) electrons. The molecule has 3 N–H and O–H groups in total. The second-order valence-corrected chi connectivity index (χ2v) is 4.87. The third-order valence-electron chi connectivity index (χ3n) is 2.97. The number of nitrogens with zero attached hydrogens (tertiary/aromatic N) is 2. The van der Waals surface area contributed by atoms with Gasteiger partial charge in [0.05, 0.1) is 10.6 Å². The van der Waals surface area contributed by atoms with E-state index in [9.17, 15) is 10.1 Å². The standard InChI is InChI=1S/C13H16N4O2/c1-7(2)11-12(15-16-13(11)14)9-4-8(3)5-10(6-9)17(18)19/h4-7H,1-3H3,(H3,14,15,16). The molecule has 0 atom stereocenters. The molecule has 19 heavy (non-hydrogen) atoms. The molecule has 0 saturated heterocycles. The molecule has 100 valence electrons. The first kappa shape index (κ1) is 13.1. The maximum Gasteiger partial charge on any atom is 0.270 e. The molecule has 1 aromatic carbocycles. The van der Waals surface area contributed by atoms with Crippen molar-refractivity contribution in [2.75, 3.05) is 5.73 Å². The van der Waals surface area contributed by atoms with Gasteiger partial charge in [0.1, 0.15) is 5.82 Å². The summed E-state index contributed by atoms with van der Waals surface area (Å²) in [5.41, 5.74) is 9.11. The zero-order chi connectivity index (χ0) is 14.2. The third-order valence-corrected chi connectivity index (χ3v) is 2.97. The van der Waals surface area contributed by atoms with Crippen molar-refractivity contribution in [3.05, 3.63) is 39.4 Å². The van der Waals surface area contributed by atoms with Gasteiger partial charge in [-0.15, -0.1) is 0 Å². The monoisotopic (exact) mass is 260 g/mol. The van der Waals surface area contributed by atoms with Crippen LogP contribution >= 0.6 is 0 Å². The number of H-pyrrole nitrogens is 1. The Morgan fingerprint density at radius 3 is 2.63 bits per heavy atom. The number of aromatic amines is 1. The molecular formula is C13H16N4O2. The van der Waals surface area contributed by atoms with Crippen molar-refractivity contribution in [2.45, 2.75) is 26.7 Å². The van der Waals surface area contributed by atoms with Crippen LogP contribution in [0, 0.1) is 17.0 Å². The smallest absolute Gasteiger partial charge is 0.270 e. The first-order valence-electron chi connectivity index (χ1n) is 6.00. The number of benzene rings is 1. The normalized spacial score (nSPS) is 10.9. The second kappa shape index (κ2) is 4.72. The van der Waals surface area contributed by atoms with Crippen LogP contribution in [0.4, 0.5) is 11.5 Å². The van der Waals surface area contributed by atoms with Crippen LogP contribution in [-0.4, -0.2) is 15.1 Å². The van der Waals surface area contributed by atoms with E-state index in [1.807, 2.05) is 26.8 Å². The Balaban J connectivity index is 2.62. The van der Waals surface area contributed by atoms with E-state index in [0.717, 1.165) is 22.4 Å². The Kier molecular flexibility index (Phi) is 3.25. The van der Waals surface area contributed by atoms with Crippen molar-refractivity contribution in [1.29, 1.82) is 0 Å². The number of nitro groups is 1. The molecule has 1 aromatic heterocycles. The van der Waals surface area contributed by atoms with Crippen LogP contribution in [0.3, 0.4) is 0 Å². The fourth-order valence-electron chi connectivity index (χ4n) is 2.18. The van der Waals surface area contributed by atoms with Gasteiger partial charge in [0.25, 0.3) is 5.69 Å². The summed E-state index contributed by atoms with van der Waals surface area (Å²) >= 11 is 0. The zero-order valence-electron chi connectivity index (χ0n) is 11.1. The molecule has 0 bridgehead atoms. The minimum absolute atomic E-state index is 0.0675. The van der Waals surface area contributed by atoms with E-state index in [-0.39, 0.29) is 11.6 Å². The molecule has 2 rings (SSSR count). The average Bonchev–Trinajstić information content (AvgIpc) is 2.70. The summed E-state index contributed by atoms with van der Waals surface area (Å²) in [6.45, 7) is 5.84. The van der Waals surface area contributed by atoms with Gasteiger partial charge in [0.15, 0.2) is 0 Å². The van der Waals surface area contributed by atoms with E-state index in [4.69, 9.17) is 5.73 Å². The summed E-state index contributed by atoms with van der Waals surface area (Å²) in [5, 5.41) is 17.8. The number of anilines is 1. The Bertz CT molecular complexity index is 632. The van der Waals surface area contributed by atoms with E-state index >= 15 is 0 Å². The summed E-state index contributed by atoms with van der Waals surface area (Å²) < 4.78 is 0. The van der Waals surface area contributed by atoms with Crippen molar-refractivity contribution in [3.63, 3.8) is 0 Å². The quantitative estimate of drug-likeness (QED) is 0.654. The third kappa shape index (κ3) is 2.42. The van der Waals surface area contributed by atoms with Gasteiger partial charge in [-0.3, -0.25) is 15.2 Å². The van der Waals surface area contributed by atoms with Crippen molar-refractivity contribution in [3.8, 4) is 11.3 Å². The number of nitrogens with one attached hydrogen (secondary N) is 1. The SMILES string of the molecule is Cc1cc(-c2[nH]nc(N)c2C(C)C)cc([N+](=O)[O-])c1. The van der Waals surface area contributed by atoms with Crippen molar-refractivity contribution >= 4 is 11.5 Å². The van der Waals surface area contributed by atoms with E-state index < -0.39 is 4.92 Å². The number of rotatable bonds is 3. The number of nitro benzene ring substituents is 1. The molecule has 0 spiro atoms. The number of non-ortho nitro benzene ring substituents is 1. The number of nitrogen functional groups attached to an aromatic ring is 1. The predicted octanol–water partition coefficient (Wildman–Crippen LogP) is 3.00. The van der Waals surface area contributed by atoms with Crippen LogP contribution in [-0.2, 0) is 0 Å². The number of nitrogens with two attached hydrogens (primary N) is 1. The van der Waals surface area contributed by atoms with Crippen molar-refractivity contribution in [2.24, 2.45) is 0 Å². The van der Waals surface area contributed by atoms with Crippen LogP contribution in [0.2, 0.25) is 0 Å². The minimum Gasteiger partial charge on any atom is -0.382 e. The molecule has 0 aliphatic rings. The average molecular weight is 260 g/mol. The topological polar surface area (TPSA) is 97.8 Å². The number of aryl methyl sites for hydroxylation is 1. The van der Waals surface area contributed by atoms with Crippen molar-refractivity contribution < 1.29 is 4.92 Å². The highest BCUT2D eigenvalue weighted by Gasteiger charge is 2.18. The molecule has 0 saturated carbocycles. The summed E-state index contributed by atoms with van der Waals surface area (Å²) in [6.07, 6.45) is 0. The molecule has 6 heteroatoms. The minimum atomic E-state index is -0.398. The van der Waals surface area contributed by atoms with E-state index in [0.29, 0.717) is 5.82 Å². The Morgan fingerprint density at radius 1 is 1.37 bits per heavy atom. The second-order valence-electron chi connectivity index (χ2n) is 4.87. The molecular weight excluding hydrogens is 244 g/mol. The highest BCUT2D eigenvalue weighted by Crippen LogP contribution is 2.33. The van der Waals surface area contributed by atoms with Crippen molar-refractivity contribution in [1.82, 2.24) is 10.2 Å². The molecule has 1 heterocycles. The van der Waals surface area contributed by atoms with Gasteiger partial charge in [0, 0.05) is 23.3 Å². The lowest BCUT2D eigenvalue weighted by atomic mass is 9.97. The zero-order valence-corrected chi connectivity index (χ0v) is 11.1. The molecule has 6 nitrogen and oxygen atoms in total. The summed E-state index contributed by atoms with van der Waals surface area (Å²) in [5.74, 6) is 0.627. The Morgan fingerprint density at radius 2 is 2.05 bits per heavy atom. The van der Waals surface area contributed by atoms with E-state index in [1.165, 1.54) is 12.1 Å². The number of hydrogen-bond donors (Lipinski definition) is 2. The molecule has 0 unspecified atom stereocenters. The van der Waals surface area contributed by atoms with Crippen LogP contribution in [0.25, 0.3) is 11.3 Å². The first-order valence-corrected chi connectivity index (χ1v) is 6.00. The van der Waals surface area contributed by atoms with Crippen LogP contribution in [0.5, 0.6) is 0 Å². The highest BCUT2D eigenvalue weighted by atomic mass is 16.6. The largest absolute Gasteiger partial charge is 0.382 e. The highest BCUT2D eigenvalue weighted by molar-refractivity contribution is 5.71. The number of aromatic nitrogens is 2. The van der Waals surface area contributed by atoms with Crippen LogP contribution in [0.1, 0.15) is 30.9 Å². The lowest BCUT2D eigenvalue weighted by Crippen LogP contribution is -1.96.